The molecule has 0 radical (unpaired) electrons. The van der Waals surface area contributed by atoms with Gasteiger partial charge in [-0.1, -0.05) is 17.4 Å². The van der Waals surface area contributed by atoms with Gasteiger partial charge in [0.1, 0.15) is 5.69 Å². The molecule has 20 heavy (non-hydrogen) atoms. The molecule has 0 spiro atoms. The highest BCUT2D eigenvalue weighted by Crippen LogP contribution is 2.28. The number of nitro benzene ring substituents is 1. The summed E-state index contributed by atoms with van der Waals surface area (Å²) >= 11 is 1.05. The number of nitrogens with zero attached hydrogens (tertiary/aromatic N) is 2. The Morgan fingerprint density at radius 2 is 1.90 bits per heavy atom. The number of thiophene rings is 1. The Balaban J connectivity index is 2.15. The number of rotatable bonds is 5. The molecule has 8 heteroatoms. The highest BCUT2D eigenvalue weighted by Gasteiger charge is 2.14. The van der Waals surface area contributed by atoms with E-state index in [0.717, 1.165) is 21.8 Å². The van der Waals surface area contributed by atoms with Gasteiger partial charge >= 0.3 is 5.00 Å². The molecule has 104 valence electrons. The third-order valence-corrected chi connectivity index (χ3v) is 3.67. The van der Waals surface area contributed by atoms with Gasteiger partial charge in [-0.05, 0) is 24.6 Å². The van der Waals surface area contributed by atoms with Crippen molar-refractivity contribution in [2.75, 3.05) is 5.32 Å². The molecular weight excluding hydrogens is 282 g/mol. The van der Waals surface area contributed by atoms with Crippen LogP contribution in [0.5, 0.6) is 0 Å². The maximum absolute atomic E-state index is 10.9. The second kappa shape index (κ2) is 5.66. The van der Waals surface area contributed by atoms with Crippen molar-refractivity contribution in [2.24, 2.45) is 0 Å². The Morgan fingerprint density at radius 3 is 2.50 bits per heavy atom. The van der Waals surface area contributed by atoms with Crippen LogP contribution in [0.25, 0.3) is 0 Å². The summed E-state index contributed by atoms with van der Waals surface area (Å²) in [4.78, 5) is 21.3. The number of hydrogen-bond donors (Lipinski definition) is 1. The van der Waals surface area contributed by atoms with Crippen LogP contribution in [0.3, 0.4) is 0 Å². The maximum atomic E-state index is 10.9. The summed E-state index contributed by atoms with van der Waals surface area (Å²) in [7, 11) is 0. The quantitative estimate of drug-likeness (QED) is 0.672. The molecule has 0 aliphatic heterocycles. The first-order valence-corrected chi connectivity index (χ1v) is 6.51. The molecule has 1 aromatic carbocycles. The largest absolute Gasteiger partial charge is 0.375 e. The first-order valence-electron chi connectivity index (χ1n) is 5.69. The Bertz CT molecular complexity index is 668. The highest BCUT2D eigenvalue weighted by molar-refractivity contribution is 7.15. The monoisotopic (exact) mass is 293 g/mol. The zero-order valence-electron chi connectivity index (χ0n) is 10.5. The van der Waals surface area contributed by atoms with E-state index in [4.69, 9.17) is 0 Å². The SMILES string of the molecule is Cc1ccc([N+](=O)[O-])c(NCc2ccc([N+](=O)[O-])s2)c1. The molecule has 1 aromatic heterocycles. The molecule has 0 atom stereocenters. The van der Waals surface area contributed by atoms with E-state index in [2.05, 4.69) is 5.32 Å². The number of hydrogen-bond acceptors (Lipinski definition) is 6. The van der Waals surface area contributed by atoms with Crippen molar-refractivity contribution < 1.29 is 9.85 Å². The third kappa shape index (κ3) is 3.09. The minimum absolute atomic E-state index is 0.0124. The van der Waals surface area contributed by atoms with Gasteiger partial charge in [0.2, 0.25) is 0 Å². The summed E-state index contributed by atoms with van der Waals surface area (Å²) in [6.07, 6.45) is 0. The normalized spacial score (nSPS) is 10.2. The summed E-state index contributed by atoms with van der Waals surface area (Å²) in [5.41, 5.74) is 1.29. The molecule has 0 unspecified atom stereocenters. The predicted octanol–water partition coefficient (Wildman–Crippen LogP) is 3.49. The van der Waals surface area contributed by atoms with Crippen LogP contribution in [0.2, 0.25) is 0 Å². The molecule has 0 bridgehead atoms. The summed E-state index contributed by atoms with van der Waals surface area (Å²) in [6.45, 7) is 2.15. The van der Waals surface area contributed by atoms with Gasteiger partial charge in [-0.25, -0.2) is 0 Å². The lowest BCUT2D eigenvalue weighted by molar-refractivity contribution is -0.384. The Morgan fingerprint density at radius 1 is 1.15 bits per heavy atom. The van der Waals surface area contributed by atoms with Gasteiger partial charge < -0.3 is 5.32 Å². The summed E-state index contributed by atoms with van der Waals surface area (Å²) in [5, 5.41) is 24.5. The van der Waals surface area contributed by atoms with Gasteiger partial charge in [0.25, 0.3) is 5.69 Å². The van der Waals surface area contributed by atoms with Crippen LogP contribution in [0, 0.1) is 27.2 Å². The zero-order chi connectivity index (χ0) is 14.7. The lowest BCUT2D eigenvalue weighted by atomic mass is 10.2. The van der Waals surface area contributed by atoms with Gasteiger partial charge in [0.05, 0.1) is 9.85 Å². The van der Waals surface area contributed by atoms with E-state index in [0.29, 0.717) is 12.2 Å². The number of aryl methyl sites for hydroxylation is 1. The van der Waals surface area contributed by atoms with Gasteiger partial charge in [-0.2, -0.15) is 0 Å². The average molecular weight is 293 g/mol. The summed E-state index contributed by atoms with van der Waals surface area (Å²) in [6, 6.07) is 7.84. The molecule has 0 saturated carbocycles. The van der Waals surface area contributed by atoms with Crippen LogP contribution in [0.1, 0.15) is 10.4 Å². The van der Waals surface area contributed by atoms with Gasteiger partial charge in [0.15, 0.2) is 0 Å². The van der Waals surface area contributed by atoms with Crippen LogP contribution in [-0.2, 0) is 6.54 Å². The van der Waals surface area contributed by atoms with Crippen molar-refractivity contribution in [1.82, 2.24) is 0 Å². The molecule has 2 aromatic rings. The topological polar surface area (TPSA) is 98.3 Å². The van der Waals surface area contributed by atoms with E-state index in [-0.39, 0.29) is 10.7 Å². The van der Waals surface area contributed by atoms with Crippen molar-refractivity contribution in [3.8, 4) is 0 Å². The lowest BCUT2D eigenvalue weighted by Crippen LogP contribution is -2.01. The molecule has 0 saturated heterocycles. The highest BCUT2D eigenvalue weighted by atomic mass is 32.1. The standard InChI is InChI=1S/C12H11N3O4S/c1-8-2-4-11(14(16)17)10(6-8)13-7-9-3-5-12(20-9)15(18)19/h2-6,13H,7H2,1H3. The average Bonchev–Trinajstić information content (AvgIpc) is 2.85. The molecule has 1 heterocycles. The number of nitrogens with one attached hydrogen (secondary N) is 1. The van der Waals surface area contributed by atoms with E-state index < -0.39 is 9.85 Å². The molecule has 2 rings (SSSR count). The maximum Gasteiger partial charge on any atom is 0.324 e. The van der Waals surface area contributed by atoms with Crippen molar-refractivity contribution in [3.63, 3.8) is 0 Å². The third-order valence-electron chi connectivity index (χ3n) is 2.63. The van der Waals surface area contributed by atoms with E-state index >= 15 is 0 Å². The Labute approximate surface area is 118 Å². The fourth-order valence-corrected chi connectivity index (χ4v) is 2.45. The van der Waals surface area contributed by atoms with Crippen LogP contribution in [0.15, 0.2) is 30.3 Å². The smallest absolute Gasteiger partial charge is 0.324 e. The lowest BCUT2D eigenvalue weighted by Gasteiger charge is -2.06. The second-order valence-electron chi connectivity index (χ2n) is 4.13. The molecule has 1 N–H and O–H groups in total. The first kappa shape index (κ1) is 13.9. The molecule has 7 nitrogen and oxygen atoms in total. The first-order chi connectivity index (χ1) is 9.47. The van der Waals surface area contributed by atoms with E-state index in [1.807, 2.05) is 6.92 Å². The molecule has 0 aliphatic carbocycles. The van der Waals surface area contributed by atoms with Crippen molar-refractivity contribution >= 4 is 27.7 Å². The van der Waals surface area contributed by atoms with Crippen molar-refractivity contribution in [2.45, 2.75) is 13.5 Å². The number of nitro groups is 2. The van der Waals surface area contributed by atoms with Gasteiger partial charge in [0, 0.05) is 23.6 Å². The van der Waals surface area contributed by atoms with E-state index in [1.165, 1.54) is 12.1 Å². The Kier molecular flexibility index (Phi) is 3.94. The minimum atomic E-state index is -0.460. The fourth-order valence-electron chi connectivity index (χ4n) is 1.69. The zero-order valence-corrected chi connectivity index (χ0v) is 11.3. The van der Waals surface area contributed by atoms with E-state index in [9.17, 15) is 20.2 Å². The number of anilines is 1. The number of benzene rings is 1. The molecule has 0 amide bonds. The van der Waals surface area contributed by atoms with Crippen LogP contribution < -0.4 is 5.32 Å². The summed E-state index contributed by atoms with van der Waals surface area (Å²) in [5.74, 6) is 0. The van der Waals surface area contributed by atoms with Gasteiger partial charge in [-0.15, -0.1) is 0 Å². The van der Waals surface area contributed by atoms with E-state index in [1.54, 1.807) is 18.2 Å². The molecule has 0 fully saturated rings. The molecule has 0 aliphatic rings. The van der Waals surface area contributed by atoms with Crippen molar-refractivity contribution in [1.29, 1.82) is 0 Å². The summed E-state index contributed by atoms with van der Waals surface area (Å²) < 4.78 is 0. The van der Waals surface area contributed by atoms with Crippen LogP contribution >= 0.6 is 11.3 Å². The van der Waals surface area contributed by atoms with Crippen LogP contribution in [0.4, 0.5) is 16.4 Å². The second-order valence-corrected chi connectivity index (χ2v) is 5.28. The fraction of sp³-hybridized carbons (Fsp3) is 0.167. The van der Waals surface area contributed by atoms with Crippen LogP contribution in [-0.4, -0.2) is 9.85 Å². The van der Waals surface area contributed by atoms with Gasteiger partial charge in [-0.3, -0.25) is 20.2 Å². The molecular formula is C12H11N3O4S. The van der Waals surface area contributed by atoms with Crippen molar-refractivity contribution in [3.05, 3.63) is 61.0 Å². The predicted molar refractivity (Wildman–Crippen MR) is 76.1 cm³/mol. The Hall–Kier alpha value is -2.48. The minimum Gasteiger partial charge on any atom is -0.375 e.